The van der Waals surface area contributed by atoms with Gasteiger partial charge < -0.3 is 135 Å². The Balaban J connectivity index is 0.000000726. The monoisotopic (exact) mass is 1800 g/mol. The van der Waals surface area contributed by atoms with E-state index < -0.39 is 119 Å². The van der Waals surface area contributed by atoms with Gasteiger partial charge in [-0.15, -0.1) is 0 Å². The highest BCUT2D eigenvalue weighted by molar-refractivity contribution is 6.01. The summed E-state index contributed by atoms with van der Waals surface area (Å²) in [4.78, 5) is 178. The smallest absolute Gasteiger partial charge is 0.408 e. The molecular weight excluding hydrogens is 1660 g/mol. The number of nitrogens with one attached hydrogen (secondary N) is 14. The van der Waals surface area contributed by atoms with Crippen LogP contribution in [0.5, 0.6) is 11.5 Å². The van der Waals surface area contributed by atoms with E-state index in [0.717, 1.165) is 36.8 Å². The number of nitrogens with two attached hydrogens (primary N) is 4. The fourth-order valence-electron chi connectivity index (χ4n) is 11.1. The molecule has 0 aliphatic heterocycles. The van der Waals surface area contributed by atoms with Crippen LogP contribution in [0.2, 0.25) is 0 Å². The summed E-state index contributed by atoms with van der Waals surface area (Å²) in [5, 5.41) is 37.3. The molecule has 0 spiro atoms. The maximum atomic E-state index is 13.6. The summed E-state index contributed by atoms with van der Waals surface area (Å²) < 4.78 is 43.3. The largest absolute Gasteiger partial charge is 0.492 e. The van der Waals surface area contributed by atoms with Gasteiger partial charge in [-0.25, -0.2) is 28.8 Å². The number of rotatable bonds is 52. The first-order valence-electron chi connectivity index (χ1n) is 43.0. The summed E-state index contributed by atoms with van der Waals surface area (Å²) in [6, 6.07) is 23.4. The molecule has 4 aromatic carbocycles. The molecule has 0 fully saturated rings. The summed E-state index contributed by atoms with van der Waals surface area (Å²) in [6.07, 6.45) is 2.19. The van der Waals surface area contributed by atoms with Crippen LogP contribution in [-0.2, 0) is 60.8 Å². The lowest BCUT2D eigenvalue weighted by molar-refractivity contribution is -0.124. The Kier molecular flexibility index (Phi) is 51.2. The third-order valence-electron chi connectivity index (χ3n) is 17.2. The van der Waals surface area contributed by atoms with Gasteiger partial charge in [-0.05, 0) is 208 Å². The molecule has 0 aliphatic rings. The highest BCUT2D eigenvalue weighted by atomic mass is 16.6. The van der Waals surface area contributed by atoms with Gasteiger partial charge in [-0.2, -0.15) is 0 Å². The molecule has 128 heavy (non-hydrogen) atoms. The van der Waals surface area contributed by atoms with E-state index in [-0.39, 0.29) is 163 Å². The topological polar surface area (TPSA) is 585 Å². The highest BCUT2D eigenvalue weighted by Crippen LogP contribution is 2.21. The minimum atomic E-state index is -1.01. The van der Waals surface area contributed by atoms with E-state index in [0.29, 0.717) is 51.6 Å². The fourth-order valence-corrected chi connectivity index (χ4v) is 11.1. The number of hydrogen-bond acceptors (Lipinski definition) is 26. The van der Waals surface area contributed by atoms with Gasteiger partial charge in [0.05, 0.1) is 25.2 Å². The summed E-state index contributed by atoms with van der Waals surface area (Å²) in [5.41, 5.74) is 21.7. The summed E-state index contributed by atoms with van der Waals surface area (Å²) in [6.45, 7) is 22.6. The Bertz CT molecular complexity index is 3930. The van der Waals surface area contributed by atoms with Crippen LogP contribution in [0.25, 0.3) is 0 Å². The minimum Gasteiger partial charge on any atom is -0.492 e. The van der Waals surface area contributed by atoms with Crippen LogP contribution >= 0.6 is 0 Å². The molecular formula is C88H138N18O22. The Morgan fingerprint density at radius 1 is 0.297 bits per heavy atom. The van der Waals surface area contributed by atoms with Gasteiger partial charge in [-0.3, -0.25) is 38.4 Å². The molecule has 4 rings (SSSR count). The van der Waals surface area contributed by atoms with Gasteiger partial charge in [0.2, 0.25) is 23.6 Å². The van der Waals surface area contributed by atoms with Crippen LogP contribution in [0.3, 0.4) is 0 Å². The molecule has 0 aliphatic carbocycles. The summed E-state index contributed by atoms with van der Waals surface area (Å²) in [5.74, 6) is -3.72. The van der Waals surface area contributed by atoms with E-state index in [1.165, 1.54) is 36.4 Å². The van der Waals surface area contributed by atoms with Crippen molar-refractivity contribution in [1.29, 1.82) is 0 Å². The molecule has 40 nitrogen and oxygen atoms in total. The number of unbranched alkanes of at least 4 members (excludes halogenated alkanes) is 4. The van der Waals surface area contributed by atoms with Crippen molar-refractivity contribution in [2.24, 2.45) is 22.9 Å². The zero-order chi connectivity index (χ0) is 95.1. The molecule has 0 saturated carbocycles. The SMILES string of the molecule is CC(C)(C)OC(=O)NCCCC[C@H](NC(=O)OC(C)(C)C)C(=O)NCCNC(=O)c1cc(OCCNC(=O)OCc2ccccc2)cc(C(=O)NCCNC(=O)[C@H](CCCCNC(=O)OC(C)(C)C)NC(=O)OC(C)(C)C)c1.NCCCC[C@H](N)C(=O)NCCNC(=O)c1cc(OCCNC(=O)OCc2ccccc2)cc(C(=O)NCCNC(=O)[C@@H](N)CCCCN)c1. The van der Waals surface area contributed by atoms with Crippen molar-refractivity contribution in [1.82, 2.24) is 74.4 Å². The Hall–Kier alpha value is -12.3. The third kappa shape index (κ3) is 52.6. The average molecular weight is 1800 g/mol. The number of ether oxygens (including phenoxy) is 8. The lowest BCUT2D eigenvalue weighted by atomic mass is 10.1. The van der Waals surface area contributed by atoms with E-state index in [4.69, 9.17) is 60.8 Å². The van der Waals surface area contributed by atoms with E-state index in [9.17, 15) is 67.1 Å². The van der Waals surface area contributed by atoms with Crippen LogP contribution < -0.4 is 107 Å². The Labute approximate surface area is 749 Å². The van der Waals surface area contributed by atoms with Crippen LogP contribution in [0.1, 0.15) is 213 Å². The first-order valence-corrected chi connectivity index (χ1v) is 43.0. The normalized spacial score (nSPS) is 12.1. The first-order chi connectivity index (χ1) is 60.5. The van der Waals surface area contributed by atoms with Crippen molar-refractivity contribution in [2.45, 2.75) is 220 Å². The van der Waals surface area contributed by atoms with Crippen molar-refractivity contribution in [3.05, 3.63) is 130 Å². The minimum absolute atomic E-state index is 0.00444. The Morgan fingerprint density at radius 2 is 0.570 bits per heavy atom. The molecule has 0 saturated heterocycles. The van der Waals surface area contributed by atoms with Crippen LogP contribution in [0.4, 0.5) is 28.8 Å². The van der Waals surface area contributed by atoms with E-state index in [1.54, 1.807) is 83.1 Å². The molecule has 0 heterocycles. The molecule has 0 bridgehead atoms. The molecule has 0 aromatic heterocycles. The lowest BCUT2D eigenvalue weighted by Gasteiger charge is -2.23. The zero-order valence-corrected chi connectivity index (χ0v) is 76.1. The van der Waals surface area contributed by atoms with Crippen molar-refractivity contribution >= 4 is 83.8 Å². The molecule has 4 atom stereocenters. The van der Waals surface area contributed by atoms with Gasteiger partial charge >= 0.3 is 36.6 Å². The second-order valence-electron chi connectivity index (χ2n) is 33.4. The molecule has 40 heteroatoms. The zero-order valence-electron chi connectivity index (χ0n) is 76.1. The quantitative estimate of drug-likeness (QED) is 0.0193. The average Bonchev–Trinajstić information content (AvgIpc) is 0.838. The maximum absolute atomic E-state index is 13.6. The maximum Gasteiger partial charge on any atom is 0.408 e. The van der Waals surface area contributed by atoms with Crippen molar-refractivity contribution < 1.29 is 105 Å². The number of benzene rings is 4. The number of carbonyl (C=O) groups excluding carboxylic acids is 14. The van der Waals surface area contributed by atoms with Crippen LogP contribution in [-0.4, -0.2) is 235 Å². The van der Waals surface area contributed by atoms with Crippen molar-refractivity contribution in [3.8, 4) is 11.5 Å². The van der Waals surface area contributed by atoms with Crippen LogP contribution in [0, 0.1) is 0 Å². The number of hydrogen-bond donors (Lipinski definition) is 18. The van der Waals surface area contributed by atoms with Gasteiger partial charge in [0.1, 0.15) is 72.4 Å². The highest BCUT2D eigenvalue weighted by Gasteiger charge is 2.28. The second-order valence-corrected chi connectivity index (χ2v) is 33.4. The predicted molar refractivity (Wildman–Crippen MR) is 479 cm³/mol. The lowest BCUT2D eigenvalue weighted by Crippen LogP contribution is -2.49. The second kappa shape index (κ2) is 59.6. The molecule has 712 valence electrons. The van der Waals surface area contributed by atoms with E-state index >= 15 is 0 Å². The molecule has 22 N–H and O–H groups in total. The fraction of sp³-hybridized carbons (Fsp3) is 0.568. The predicted octanol–water partition coefficient (Wildman–Crippen LogP) is 5.46. The van der Waals surface area contributed by atoms with Gasteiger partial charge in [0.25, 0.3) is 23.6 Å². The number of amides is 14. The van der Waals surface area contributed by atoms with Gasteiger partial charge in [0, 0.05) is 87.7 Å². The third-order valence-corrected chi connectivity index (χ3v) is 17.2. The number of alkyl carbamates (subject to hydrolysis) is 6. The van der Waals surface area contributed by atoms with Gasteiger partial charge in [0.15, 0.2) is 0 Å². The van der Waals surface area contributed by atoms with Crippen molar-refractivity contribution in [3.63, 3.8) is 0 Å². The summed E-state index contributed by atoms with van der Waals surface area (Å²) >= 11 is 0. The number of carbonyl (C=O) groups is 14. The van der Waals surface area contributed by atoms with Crippen molar-refractivity contribution in [2.75, 3.05) is 105 Å². The molecule has 14 amide bonds. The van der Waals surface area contributed by atoms with Gasteiger partial charge in [-0.1, -0.05) is 73.5 Å². The van der Waals surface area contributed by atoms with E-state index in [2.05, 4.69) is 74.4 Å². The standard InChI is InChI=1S/C54H85N9O15.C34H53N9O7/c1-51(2,3)75-47(69)59-24-18-16-22-40(62-49(71)77-53(7,8)9)44(66)57-28-26-55-42(64)37-32-38(34-39(33-37)73-31-30-61-46(68)74-35-36-20-14-13-15-21-36)43(65)56-27-29-58-45(67)41(63-50(72)78-54(10,11)12)23-17-19-25-60-48(70)76-52(4,5)6;35-12-6-4-10-28(37)32(46)41-16-14-39-30(44)25-20-26(31(45)40-15-17-42-33(47)29(38)11-5-7-13-36)22-27(21-25)49-19-18-43-34(48)50-23-24-8-2-1-3-9-24/h13-15,20-21,32-34,40-41H,16-19,22-31,35H2,1-12H3,(H,55,64)(H,56,65)(H,57,66)(H,58,67)(H,59,69)(H,60,70)(H,61,68)(H,62,71)(H,63,72);1-3,8-9,20-22,28-29H,4-7,10-19,23,35-38H2,(H,39,44)(H,40,45)(H,41,46)(H,42,47)(H,43,48)/t40-,41-;28-,29-/m00/s1. The molecule has 0 radical (unpaired) electrons. The molecule has 0 unspecified atom stereocenters. The van der Waals surface area contributed by atoms with Crippen LogP contribution in [0.15, 0.2) is 97.1 Å². The summed E-state index contributed by atoms with van der Waals surface area (Å²) in [7, 11) is 0. The molecule has 4 aromatic rings. The van der Waals surface area contributed by atoms with E-state index in [1.807, 2.05) is 60.7 Å². The Morgan fingerprint density at radius 3 is 0.867 bits per heavy atom. The first kappa shape index (κ1) is 110.